The van der Waals surface area contributed by atoms with E-state index in [4.69, 9.17) is 4.74 Å². The van der Waals surface area contributed by atoms with Gasteiger partial charge in [-0.1, -0.05) is 37.5 Å². The Hall–Kier alpha value is -0.810. The predicted octanol–water partition coefficient (Wildman–Crippen LogP) is 6.41. The van der Waals surface area contributed by atoms with Crippen LogP contribution in [0.25, 0.3) is 0 Å². The molecule has 1 aromatic rings. The molecule has 0 amide bonds. The van der Waals surface area contributed by atoms with Crippen molar-refractivity contribution in [1.29, 1.82) is 0 Å². The van der Waals surface area contributed by atoms with Gasteiger partial charge in [-0.3, -0.25) is 0 Å². The lowest BCUT2D eigenvalue weighted by Crippen LogP contribution is -2.45. The average molecular weight is 344 g/mol. The van der Waals surface area contributed by atoms with Crippen molar-refractivity contribution in [3.63, 3.8) is 0 Å². The largest absolute Gasteiger partial charge is 0.487 e. The molecular weight excluding hydrogens is 311 g/mol. The van der Waals surface area contributed by atoms with Crippen molar-refractivity contribution in [1.82, 2.24) is 0 Å². The number of rotatable bonds is 5. The Morgan fingerprint density at radius 1 is 1.25 bits per heavy atom. The first-order valence-corrected chi connectivity index (χ1v) is 10.5. The van der Waals surface area contributed by atoms with Crippen molar-refractivity contribution in [2.45, 2.75) is 83.9 Å². The molecule has 1 nitrogen and oxygen atoms in total. The molecular formula is C22H33OP. The van der Waals surface area contributed by atoms with Gasteiger partial charge in [0.15, 0.2) is 0 Å². The molecule has 3 atom stereocenters. The fraction of sp³-hybridized carbons (Fsp3) is 0.636. The molecule has 0 spiro atoms. The average Bonchev–Trinajstić information content (AvgIpc) is 2.53. The summed E-state index contributed by atoms with van der Waals surface area (Å²) in [5.74, 6) is 2.27. The van der Waals surface area contributed by atoms with Crippen molar-refractivity contribution in [3.05, 3.63) is 40.5 Å². The monoisotopic (exact) mass is 344 g/mol. The summed E-state index contributed by atoms with van der Waals surface area (Å²) in [6, 6.07) is 4.78. The molecule has 1 aromatic carbocycles. The van der Waals surface area contributed by atoms with Crippen molar-refractivity contribution in [2.24, 2.45) is 5.92 Å². The van der Waals surface area contributed by atoms with Gasteiger partial charge in [-0.05, 0) is 69.8 Å². The Bertz CT molecular complexity index is 629. The third-order valence-corrected chi connectivity index (χ3v) is 6.36. The van der Waals surface area contributed by atoms with Crippen molar-refractivity contribution in [2.75, 3.05) is 0 Å². The Labute approximate surface area is 150 Å². The normalized spacial score (nSPS) is 24.6. The third kappa shape index (κ3) is 3.43. The summed E-state index contributed by atoms with van der Waals surface area (Å²) in [5.41, 5.74) is 5.86. The molecule has 0 bridgehead atoms. The molecule has 1 aliphatic heterocycles. The van der Waals surface area contributed by atoms with E-state index in [2.05, 4.69) is 55.1 Å². The highest BCUT2D eigenvalue weighted by Gasteiger charge is 2.44. The molecule has 0 aromatic heterocycles. The van der Waals surface area contributed by atoms with Crippen LogP contribution in [0.15, 0.2) is 23.8 Å². The summed E-state index contributed by atoms with van der Waals surface area (Å²) in [5, 5.41) is 0. The molecule has 0 saturated heterocycles. The maximum atomic E-state index is 6.57. The molecule has 3 unspecified atom stereocenters. The Balaban J connectivity index is 2.03. The summed E-state index contributed by atoms with van der Waals surface area (Å²) in [4.78, 5) is 0. The molecule has 0 N–H and O–H groups in total. The van der Waals surface area contributed by atoms with Gasteiger partial charge in [0, 0.05) is 17.4 Å². The summed E-state index contributed by atoms with van der Waals surface area (Å²) in [6.45, 7) is 9.13. The van der Waals surface area contributed by atoms with Crippen LogP contribution in [0.2, 0.25) is 0 Å². The van der Waals surface area contributed by atoms with E-state index in [0.29, 0.717) is 11.8 Å². The van der Waals surface area contributed by atoms with E-state index in [1.54, 1.807) is 5.57 Å². The zero-order chi connectivity index (χ0) is 17.3. The van der Waals surface area contributed by atoms with Gasteiger partial charge in [0.05, 0.1) is 0 Å². The van der Waals surface area contributed by atoms with Crippen LogP contribution in [0, 0.1) is 5.92 Å². The van der Waals surface area contributed by atoms with Crippen LogP contribution in [0.4, 0.5) is 0 Å². The molecule has 0 radical (unpaired) electrons. The minimum Gasteiger partial charge on any atom is -0.487 e. The smallest absolute Gasteiger partial charge is 0.124 e. The van der Waals surface area contributed by atoms with E-state index in [1.165, 1.54) is 55.2 Å². The first-order valence-electron chi connectivity index (χ1n) is 9.68. The van der Waals surface area contributed by atoms with Crippen LogP contribution in [0.5, 0.6) is 5.75 Å². The molecule has 132 valence electrons. The maximum absolute atomic E-state index is 6.57. The highest BCUT2D eigenvalue weighted by atomic mass is 31.0. The Morgan fingerprint density at radius 2 is 2.04 bits per heavy atom. The fourth-order valence-electron chi connectivity index (χ4n) is 4.60. The quantitative estimate of drug-likeness (QED) is 0.341. The first-order chi connectivity index (χ1) is 11.5. The number of fused-ring (bicyclic) bond motifs is 3. The zero-order valence-electron chi connectivity index (χ0n) is 15.8. The number of aryl methyl sites for hydroxylation is 1. The van der Waals surface area contributed by atoms with Gasteiger partial charge >= 0.3 is 0 Å². The number of unbranched alkanes of at least 4 members (excludes halogenated alkanes) is 2. The van der Waals surface area contributed by atoms with Crippen LogP contribution < -0.4 is 4.74 Å². The number of hydrogen-bond acceptors (Lipinski definition) is 1. The molecule has 1 heterocycles. The highest BCUT2D eigenvalue weighted by Crippen LogP contribution is 2.52. The van der Waals surface area contributed by atoms with Gasteiger partial charge in [0.1, 0.15) is 11.4 Å². The third-order valence-electron chi connectivity index (χ3n) is 5.92. The second-order valence-electron chi connectivity index (χ2n) is 8.22. The van der Waals surface area contributed by atoms with E-state index >= 15 is 0 Å². The molecule has 0 fully saturated rings. The van der Waals surface area contributed by atoms with Crippen LogP contribution in [0.1, 0.15) is 82.4 Å². The lowest BCUT2D eigenvalue weighted by Gasteiger charge is -2.47. The summed E-state index contributed by atoms with van der Waals surface area (Å²) in [7, 11) is 2.93. The molecule has 24 heavy (non-hydrogen) atoms. The zero-order valence-corrected chi connectivity index (χ0v) is 17.0. The van der Waals surface area contributed by atoms with Crippen LogP contribution in [0.3, 0.4) is 0 Å². The number of benzene rings is 1. The predicted molar refractivity (Wildman–Crippen MR) is 107 cm³/mol. The lowest BCUT2D eigenvalue weighted by atomic mass is 9.67. The second-order valence-corrected chi connectivity index (χ2v) is 8.63. The first kappa shape index (κ1) is 18.0. The topological polar surface area (TPSA) is 9.23 Å². The minimum atomic E-state index is -0.0743. The van der Waals surface area contributed by atoms with Crippen LogP contribution >= 0.6 is 9.24 Å². The van der Waals surface area contributed by atoms with Gasteiger partial charge in [0.25, 0.3) is 0 Å². The minimum absolute atomic E-state index is 0.0743. The van der Waals surface area contributed by atoms with Crippen molar-refractivity contribution < 1.29 is 4.74 Å². The van der Waals surface area contributed by atoms with Gasteiger partial charge in [0.2, 0.25) is 0 Å². The number of hydrogen-bond donors (Lipinski definition) is 0. The second kappa shape index (κ2) is 7.20. The van der Waals surface area contributed by atoms with E-state index in [0.717, 1.165) is 11.9 Å². The maximum Gasteiger partial charge on any atom is 0.124 e. The standard InChI is InChI=1S/C22H33OP/c1-5-6-7-8-16-12-17(14-24)21-18-11-15(2)9-10-19(18)22(3,4)23-20(21)13-16/h11-13,18-19H,5-10,14,24H2,1-4H3. The molecule has 3 rings (SSSR count). The molecule has 1 aliphatic carbocycles. The Kier molecular flexibility index (Phi) is 5.40. The summed E-state index contributed by atoms with van der Waals surface area (Å²) >= 11 is 0. The highest BCUT2D eigenvalue weighted by molar-refractivity contribution is 7.15. The lowest BCUT2D eigenvalue weighted by molar-refractivity contribution is 0.0113. The van der Waals surface area contributed by atoms with Gasteiger partial charge in [-0.25, -0.2) is 0 Å². The van der Waals surface area contributed by atoms with E-state index in [9.17, 15) is 0 Å². The van der Waals surface area contributed by atoms with Gasteiger partial charge in [-0.15, -0.1) is 9.24 Å². The van der Waals surface area contributed by atoms with Gasteiger partial charge < -0.3 is 4.74 Å². The van der Waals surface area contributed by atoms with Crippen LogP contribution in [-0.4, -0.2) is 5.60 Å². The molecule has 2 heteroatoms. The van der Waals surface area contributed by atoms with E-state index in [1.807, 2.05) is 0 Å². The number of ether oxygens (including phenoxy) is 1. The molecule has 0 saturated carbocycles. The fourth-order valence-corrected chi connectivity index (χ4v) is 4.93. The van der Waals surface area contributed by atoms with E-state index < -0.39 is 0 Å². The van der Waals surface area contributed by atoms with Gasteiger partial charge in [-0.2, -0.15) is 0 Å². The number of allylic oxidation sites excluding steroid dienone is 2. The van der Waals surface area contributed by atoms with Crippen molar-refractivity contribution in [3.8, 4) is 5.75 Å². The van der Waals surface area contributed by atoms with Crippen molar-refractivity contribution >= 4 is 9.24 Å². The molecule has 2 aliphatic rings. The summed E-state index contributed by atoms with van der Waals surface area (Å²) < 4.78 is 6.57. The SMILES string of the molecule is CCCCCc1cc(CP)c2c(c1)OC(C)(C)C1CCC(C)=CC21. The summed E-state index contributed by atoms with van der Waals surface area (Å²) in [6.07, 6.45) is 11.0. The Morgan fingerprint density at radius 3 is 2.75 bits per heavy atom. The van der Waals surface area contributed by atoms with E-state index in [-0.39, 0.29) is 5.60 Å². The van der Waals surface area contributed by atoms with Crippen LogP contribution in [-0.2, 0) is 12.6 Å².